The number of carbonyl (C=O) groups is 1. The molecule has 2 atom stereocenters. The van der Waals surface area contributed by atoms with E-state index in [1.54, 1.807) is 7.11 Å². The molecule has 0 radical (unpaired) electrons. The van der Waals surface area contributed by atoms with Crippen LogP contribution in [-0.4, -0.2) is 36.9 Å². The number of methoxy groups -OCH3 is 1. The summed E-state index contributed by atoms with van der Waals surface area (Å²) in [5.41, 5.74) is 2.07. The first-order valence-corrected chi connectivity index (χ1v) is 8.41. The number of para-hydroxylation sites is 1. The summed E-state index contributed by atoms with van der Waals surface area (Å²) < 4.78 is 11.4. The minimum atomic E-state index is -0.786. The summed E-state index contributed by atoms with van der Waals surface area (Å²) >= 11 is 0. The van der Waals surface area contributed by atoms with Gasteiger partial charge in [-0.05, 0) is 49.2 Å². The molecule has 5 heteroatoms. The fourth-order valence-corrected chi connectivity index (χ4v) is 3.26. The van der Waals surface area contributed by atoms with E-state index in [0.717, 1.165) is 29.2 Å². The Balaban J connectivity index is 1.74. The summed E-state index contributed by atoms with van der Waals surface area (Å²) in [6.45, 7) is 2.71. The highest BCUT2D eigenvalue weighted by atomic mass is 16.5. The highest BCUT2D eigenvalue weighted by Gasteiger charge is 2.33. The van der Waals surface area contributed by atoms with Crippen LogP contribution in [0.15, 0.2) is 48.5 Å². The van der Waals surface area contributed by atoms with Gasteiger partial charge in [-0.3, -0.25) is 4.79 Å². The molecule has 0 spiro atoms. The molecule has 1 N–H and O–H groups in total. The largest absolute Gasteiger partial charge is 0.481 e. The van der Waals surface area contributed by atoms with E-state index < -0.39 is 5.97 Å². The Labute approximate surface area is 147 Å². The first kappa shape index (κ1) is 17.3. The molecule has 0 saturated carbocycles. The van der Waals surface area contributed by atoms with Crippen molar-refractivity contribution in [2.24, 2.45) is 0 Å². The second-order valence-corrected chi connectivity index (χ2v) is 6.36. The second kappa shape index (κ2) is 7.57. The summed E-state index contributed by atoms with van der Waals surface area (Å²) in [5.74, 6) is 0.807. The van der Waals surface area contributed by atoms with Crippen molar-refractivity contribution < 1.29 is 19.4 Å². The molecule has 2 aromatic rings. The molecule has 1 heterocycles. The van der Waals surface area contributed by atoms with Crippen molar-refractivity contribution in [2.75, 3.05) is 18.6 Å². The van der Waals surface area contributed by atoms with Gasteiger partial charge in [0, 0.05) is 25.4 Å². The summed E-state index contributed by atoms with van der Waals surface area (Å²) in [7, 11) is 1.67. The number of nitrogens with zero attached hydrogens (tertiary/aromatic N) is 1. The Hall–Kier alpha value is -2.53. The average Bonchev–Trinajstić information content (AvgIpc) is 3.00. The number of ether oxygens (including phenoxy) is 2. The predicted molar refractivity (Wildman–Crippen MR) is 96.5 cm³/mol. The lowest BCUT2D eigenvalue weighted by Gasteiger charge is -2.25. The van der Waals surface area contributed by atoms with Crippen molar-refractivity contribution >= 4 is 11.7 Å². The van der Waals surface area contributed by atoms with Gasteiger partial charge in [-0.1, -0.05) is 18.2 Å². The fourth-order valence-electron chi connectivity index (χ4n) is 3.26. The number of aryl methyl sites for hydroxylation is 1. The molecule has 1 aliphatic heterocycles. The van der Waals surface area contributed by atoms with E-state index in [2.05, 4.69) is 4.90 Å². The van der Waals surface area contributed by atoms with E-state index in [0.29, 0.717) is 6.54 Å². The maximum Gasteiger partial charge on any atom is 0.305 e. The quantitative estimate of drug-likeness (QED) is 0.865. The normalized spacial score (nSPS) is 19.8. The van der Waals surface area contributed by atoms with Crippen LogP contribution in [0.5, 0.6) is 11.5 Å². The number of rotatable bonds is 6. The van der Waals surface area contributed by atoms with Crippen LogP contribution in [0.1, 0.15) is 18.4 Å². The maximum atomic E-state index is 11.1. The van der Waals surface area contributed by atoms with Crippen molar-refractivity contribution in [3.05, 3.63) is 54.1 Å². The molecular formula is C20H23NO4. The molecule has 0 amide bonds. The monoisotopic (exact) mass is 341 g/mol. The molecular weight excluding hydrogens is 318 g/mol. The minimum absolute atomic E-state index is 0.0504. The third kappa shape index (κ3) is 4.12. The van der Waals surface area contributed by atoms with Gasteiger partial charge in [0.1, 0.15) is 11.5 Å². The standard InChI is InChI=1S/C20H23NO4/c1-14-5-3-4-6-19(14)25-17-9-7-15(8-10-17)21-13-18(24-2)11-16(21)12-20(22)23/h3-10,16,18H,11-13H2,1-2H3,(H,22,23)/t16-,18-/m0/s1. The number of aliphatic carboxylic acids is 1. The van der Waals surface area contributed by atoms with Crippen LogP contribution in [0.4, 0.5) is 5.69 Å². The molecule has 0 bridgehead atoms. The van der Waals surface area contributed by atoms with E-state index in [4.69, 9.17) is 14.6 Å². The maximum absolute atomic E-state index is 11.1. The third-order valence-corrected chi connectivity index (χ3v) is 4.61. The van der Waals surface area contributed by atoms with Crippen LogP contribution in [-0.2, 0) is 9.53 Å². The highest BCUT2D eigenvalue weighted by molar-refractivity contribution is 5.69. The van der Waals surface area contributed by atoms with Gasteiger partial charge in [0.25, 0.3) is 0 Å². The van der Waals surface area contributed by atoms with Crippen LogP contribution < -0.4 is 9.64 Å². The topological polar surface area (TPSA) is 59.0 Å². The van der Waals surface area contributed by atoms with Gasteiger partial charge < -0.3 is 19.5 Å². The van der Waals surface area contributed by atoms with Crippen molar-refractivity contribution in [1.82, 2.24) is 0 Å². The Kier molecular flexibility index (Phi) is 5.24. The lowest BCUT2D eigenvalue weighted by Crippen LogP contribution is -2.31. The molecule has 0 unspecified atom stereocenters. The van der Waals surface area contributed by atoms with Crippen LogP contribution in [0, 0.1) is 6.92 Å². The first-order valence-electron chi connectivity index (χ1n) is 8.41. The SMILES string of the molecule is CO[C@H]1C[C@@H](CC(=O)O)N(c2ccc(Oc3ccccc3C)cc2)C1. The second-order valence-electron chi connectivity index (χ2n) is 6.36. The van der Waals surface area contributed by atoms with Gasteiger partial charge >= 0.3 is 5.97 Å². The molecule has 0 aromatic heterocycles. The van der Waals surface area contributed by atoms with Gasteiger partial charge in [0.15, 0.2) is 0 Å². The lowest BCUT2D eigenvalue weighted by molar-refractivity contribution is -0.137. The fraction of sp³-hybridized carbons (Fsp3) is 0.350. The van der Waals surface area contributed by atoms with E-state index in [-0.39, 0.29) is 18.6 Å². The van der Waals surface area contributed by atoms with Crippen molar-refractivity contribution in [2.45, 2.75) is 31.9 Å². The number of carboxylic acid groups (broad SMARTS) is 1. The molecule has 0 aliphatic carbocycles. The number of benzene rings is 2. The molecule has 3 rings (SSSR count). The zero-order chi connectivity index (χ0) is 17.8. The molecule has 1 aliphatic rings. The van der Waals surface area contributed by atoms with E-state index in [1.807, 2.05) is 55.5 Å². The number of hydrogen-bond acceptors (Lipinski definition) is 4. The van der Waals surface area contributed by atoms with Crippen LogP contribution >= 0.6 is 0 Å². The van der Waals surface area contributed by atoms with Gasteiger partial charge in [-0.25, -0.2) is 0 Å². The Morgan fingerprint density at radius 1 is 1.20 bits per heavy atom. The van der Waals surface area contributed by atoms with Gasteiger partial charge in [0.05, 0.1) is 12.5 Å². The lowest BCUT2D eigenvalue weighted by atomic mass is 10.1. The summed E-state index contributed by atoms with van der Waals surface area (Å²) in [6, 6.07) is 15.6. The first-order chi connectivity index (χ1) is 12.1. The molecule has 5 nitrogen and oxygen atoms in total. The zero-order valence-electron chi connectivity index (χ0n) is 14.5. The van der Waals surface area contributed by atoms with Crippen LogP contribution in [0.25, 0.3) is 0 Å². The summed E-state index contributed by atoms with van der Waals surface area (Å²) in [6.07, 6.45) is 0.901. The predicted octanol–water partition coefficient (Wildman–Crippen LogP) is 3.86. The molecule has 1 saturated heterocycles. The molecule has 2 aromatic carbocycles. The zero-order valence-corrected chi connectivity index (χ0v) is 14.5. The Morgan fingerprint density at radius 3 is 2.56 bits per heavy atom. The van der Waals surface area contributed by atoms with Crippen molar-refractivity contribution in [1.29, 1.82) is 0 Å². The van der Waals surface area contributed by atoms with Crippen molar-refractivity contribution in [3.63, 3.8) is 0 Å². The number of hydrogen-bond donors (Lipinski definition) is 1. The molecule has 132 valence electrons. The third-order valence-electron chi connectivity index (χ3n) is 4.61. The van der Waals surface area contributed by atoms with E-state index in [1.165, 1.54) is 0 Å². The molecule has 1 fully saturated rings. The average molecular weight is 341 g/mol. The van der Waals surface area contributed by atoms with Gasteiger partial charge in [-0.15, -0.1) is 0 Å². The van der Waals surface area contributed by atoms with E-state index in [9.17, 15) is 4.79 Å². The number of carboxylic acids is 1. The summed E-state index contributed by atoms with van der Waals surface area (Å²) in [5, 5.41) is 9.14. The van der Waals surface area contributed by atoms with Crippen LogP contribution in [0.3, 0.4) is 0 Å². The molecule has 25 heavy (non-hydrogen) atoms. The number of anilines is 1. The Bertz CT molecular complexity index is 729. The highest BCUT2D eigenvalue weighted by Crippen LogP contribution is 2.31. The Morgan fingerprint density at radius 2 is 1.92 bits per heavy atom. The van der Waals surface area contributed by atoms with Gasteiger partial charge in [-0.2, -0.15) is 0 Å². The summed E-state index contributed by atoms with van der Waals surface area (Å²) in [4.78, 5) is 13.2. The van der Waals surface area contributed by atoms with Crippen molar-refractivity contribution in [3.8, 4) is 11.5 Å². The smallest absolute Gasteiger partial charge is 0.305 e. The van der Waals surface area contributed by atoms with Gasteiger partial charge in [0.2, 0.25) is 0 Å². The van der Waals surface area contributed by atoms with Crippen LogP contribution in [0.2, 0.25) is 0 Å². The van der Waals surface area contributed by atoms with E-state index >= 15 is 0 Å². The minimum Gasteiger partial charge on any atom is -0.481 e.